The predicted octanol–water partition coefficient (Wildman–Crippen LogP) is 0.819. The first-order chi connectivity index (χ1) is 12.2. The van der Waals surface area contributed by atoms with E-state index in [0.717, 1.165) is 24.0 Å². The number of nitrogens with zero attached hydrogens (tertiary/aromatic N) is 4. The van der Waals surface area contributed by atoms with Gasteiger partial charge in [0, 0.05) is 31.4 Å². The van der Waals surface area contributed by atoms with Gasteiger partial charge in [0.2, 0.25) is 5.89 Å². The fourth-order valence-electron chi connectivity index (χ4n) is 3.02. The second kappa shape index (κ2) is 6.66. The van der Waals surface area contributed by atoms with Gasteiger partial charge in [0.05, 0.1) is 24.4 Å². The molecule has 0 aromatic carbocycles. The van der Waals surface area contributed by atoms with Crippen LogP contribution in [0.15, 0.2) is 41.3 Å². The second-order valence-corrected chi connectivity index (χ2v) is 6.19. The average molecular weight is 341 g/mol. The Balaban J connectivity index is 1.37. The topological polar surface area (TPSA) is 95.9 Å². The molecule has 1 amide bonds. The number of aliphatic hydroxyl groups excluding tert-OH is 1. The third-order valence-electron chi connectivity index (χ3n) is 4.34. The maximum atomic E-state index is 12.3. The molecule has 3 aromatic heterocycles. The van der Waals surface area contributed by atoms with Crippen molar-refractivity contribution in [1.29, 1.82) is 0 Å². The molecule has 1 saturated heterocycles. The molecule has 0 unspecified atom stereocenters. The average Bonchev–Trinajstić information content (AvgIpc) is 3.33. The first-order valence-corrected chi connectivity index (χ1v) is 8.23. The lowest BCUT2D eigenvalue weighted by Gasteiger charge is -2.11. The van der Waals surface area contributed by atoms with Crippen molar-refractivity contribution in [3.05, 3.63) is 54.0 Å². The van der Waals surface area contributed by atoms with E-state index >= 15 is 0 Å². The summed E-state index contributed by atoms with van der Waals surface area (Å²) in [5, 5.41) is 16.6. The van der Waals surface area contributed by atoms with Gasteiger partial charge in [-0.05, 0) is 18.6 Å². The highest BCUT2D eigenvalue weighted by Gasteiger charge is 2.22. The van der Waals surface area contributed by atoms with Crippen molar-refractivity contribution >= 4 is 11.4 Å². The molecule has 2 N–H and O–H groups in total. The molecule has 1 fully saturated rings. The molecule has 25 heavy (non-hydrogen) atoms. The minimum Gasteiger partial charge on any atom is -0.447 e. The van der Waals surface area contributed by atoms with E-state index in [9.17, 15) is 9.90 Å². The minimum absolute atomic E-state index is 0.256. The van der Waals surface area contributed by atoms with Crippen LogP contribution in [0.25, 0.3) is 5.52 Å². The molecule has 0 saturated carbocycles. The Kier molecular flexibility index (Phi) is 4.21. The Morgan fingerprint density at radius 1 is 1.44 bits per heavy atom. The van der Waals surface area contributed by atoms with Crippen LogP contribution in [0.2, 0.25) is 0 Å². The lowest BCUT2D eigenvalue weighted by atomic mass is 10.2. The monoisotopic (exact) mass is 341 g/mol. The predicted molar refractivity (Wildman–Crippen MR) is 88.8 cm³/mol. The standard InChI is InChI=1S/C17H19N5O3/c23-13-4-6-21(9-13)10-16-20-14(11-25-16)17(24)18-7-12-8-19-22-5-2-1-3-15(12)22/h1-3,5,8,11,13,23H,4,6-7,9-10H2,(H,18,24)/t13-/m0/s1. The van der Waals surface area contributed by atoms with Gasteiger partial charge in [0.1, 0.15) is 6.26 Å². The number of oxazole rings is 1. The van der Waals surface area contributed by atoms with Crippen molar-refractivity contribution < 1.29 is 14.3 Å². The number of amides is 1. The number of likely N-dealkylation sites (tertiary alicyclic amines) is 1. The minimum atomic E-state index is -0.288. The fraction of sp³-hybridized carbons (Fsp3) is 0.353. The molecule has 1 aliphatic rings. The van der Waals surface area contributed by atoms with Crippen LogP contribution in [-0.4, -0.2) is 49.7 Å². The second-order valence-electron chi connectivity index (χ2n) is 6.19. The van der Waals surface area contributed by atoms with E-state index in [1.165, 1.54) is 6.26 Å². The summed E-state index contributed by atoms with van der Waals surface area (Å²) in [5.41, 5.74) is 2.14. The van der Waals surface area contributed by atoms with Crippen LogP contribution in [-0.2, 0) is 13.1 Å². The summed E-state index contributed by atoms with van der Waals surface area (Å²) < 4.78 is 7.14. The number of β-amino-alcohol motifs (C(OH)–C–C–N with tert-alkyl or cyclic N) is 1. The number of rotatable bonds is 5. The number of fused-ring (bicyclic) bond motifs is 1. The Hall–Kier alpha value is -2.71. The summed E-state index contributed by atoms with van der Waals surface area (Å²) >= 11 is 0. The van der Waals surface area contributed by atoms with Crippen LogP contribution >= 0.6 is 0 Å². The zero-order valence-electron chi connectivity index (χ0n) is 13.6. The highest BCUT2D eigenvalue weighted by Crippen LogP contribution is 2.14. The van der Waals surface area contributed by atoms with Gasteiger partial charge in [-0.2, -0.15) is 5.10 Å². The molecule has 0 bridgehead atoms. The quantitative estimate of drug-likeness (QED) is 0.713. The summed E-state index contributed by atoms with van der Waals surface area (Å²) in [5.74, 6) is 0.196. The molecule has 4 rings (SSSR count). The summed E-state index contributed by atoms with van der Waals surface area (Å²) in [6.07, 6.45) is 5.44. The summed E-state index contributed by atoms with van der Waals surface area (Å²) in [6, 6.07) is 5.79. The number of carbonyl (C=O) groups is 1. The van der Waals surface area contributed by atoms with Crippen LogP contribution in [0, 0.1) is 0 Å². The van der Waals surface area contributed by atoms with Gasteiger partial charge >= 0.3 is 0 Å². The van der Waals surface area contributed by atoms with E-state index in [0.29, 0.717) is 25.5 Å². The lowest BCUT2D eigenvalue weighted by molar-refractivity contribution is 0.0946. The van der Waals surface area contributed by atoms with Crippen molar-refractivity contribution in [3.63, 3.8) is 0 Å². The molecule has 3 aromatic rings. The highest BCUT2D eigenvalue weighted by molar-refractivity contribution is 5.91. The molecule has 8 heteroatoms. The van der Waals surface area contributed by atoms with Gasteiger partial charge < -0.3 is 14.8 Å². The van der Waals surface area contributed by atoms with Crippen LogP contribution < -0.4 is 5.32 Å². The van der Waals surface area contributed by atoms with Gasteiger partial charge in [0.25, 0.3) is 5.91 Å². The SMILES string of the molecule is O=C(NCc1cnn2ccccc12)c1coc(CN2CC[C@H](O)C2)n1. The summed E-state index contributed by atoms with van der Waals surface area (Å²) in [7, 11) is 0. The number of aliphatic hydroxyl groups is 1. The lowest BCUT2D eigenvalue weighted by Crippen LogP contribution is -2.24. The number of carbonyl (C=O) groups excluding carboxylic acids is 1. The normalized spacial score (nSPS) is 18.0. The zero-order chi connectivity index (χ0) is 17.2. The molecule has 0 spiro atoms. The van der Waals surface area contributed by atoms with Crippen LogP contribution in [0.3, 0.4) is 0 Å². The molecule has 1 aliphatic heterocycles. The van der Waals surface area contributed by atoms with Gasteiger partial charge in [-0.3, -0.25) is 9.69 Å². The molecule has 0 radical (unpaired) electrons. The van der Waals surface area contributed by atoms with Crippen molar-refractivity contribution in [2.45, 2.75) is 25.6 Å². The Labute approximate surface area is 144 Å². The van der Waals surface area contributed by atoms with Crippen molar-refractivity contribution in [3.8, 4) is 0 Å². The molecule has 0 aliphatic carbocycles. The van der Waals surface area contributed by atoms with Gasteiger partial charge in [-0.1, -0.05) is 6.07 Å². The zero-order valence-corrected chi connectivity index (χ0v) is 13.6. The molecule has 8 nitrogen and oxygen atoms in total. The third-order valence-corrected chi connectivity index (χ3v) is 4.34. The fourth-order valence-corrected chi connectivity index (χ4v) is 3.02. The van der Waals surface area contributed by atoms with Crippen LogP contribution in [0.5, 0.6) is 0 Å². The van der Waals surface area contributed by atoms with E-state index in [4.69, 9.17) is 4.42 Å². The Morgan fingerprint density at radius 2 is 2.36 bits per heavy atom. The van der Waals surface area contributed by atoms with E-state index in [1.54, 1.807) is 10.7 Å². The molecular formula is C17H19N5O3. The first kappa shape index (κ1) is 15.8. The van der Waals surface area contributed by atoms with Crippen LogP contribution in [0.4, 0.5) is 0 Å². The van der Waals surface area contributed by atoms with Crippen LogP contribution in [0.1, 0.15) is 28.4 Å². The highest BCUT2D eigenvalue weighted by atomic mass is 16.3. The maximum Gasteiger partial charge on any atom is 0.273 e. The molecule has 1 atom stereocenters. The van der Waals surface area contributed by atoms with Gasteiger partial charge in [0.15, 0.2) is 5.69 Å². The summed E-state index contributed by atoms with van der Waals surface area (Å²) in [4.78, 5) is 18.6. The third kappa shape index (κ3) is 3.40. The molecule has 4 heterocycles. The largest absolute Gasteiger partial charge is 0.447 e. The van der Waals surface area contributed by atoms with Gasteiger partial charge in [-0.15, -0.1) is 0 Å². The maximum absolute atomic E-state index is 12.3. The molecule has 130 valence electrons. The number of hydrogen-bond acceptors (Lipinski definition) is 6. The number of pyridine rings is 1. The summed E-state index contributed by atoms with van der Waals surface area (Å²) in [6.45, 7) is 2.28. The number of nitrogens with one attached hydrogen (secondary N) is 1. The Bertz CT molecular complexity index is 887. The Morgan fingerprint density at radius 3 is 3.20 bits per heavy atom. The van der Waals surface area contributed by atoms with Crippen molar-refractivity contribution in [2.24, 2.45) is 0 Å². The van der Waals surface area contributed by atoms with Crippen molar-refractivity contribution in [2.75, 3.05) is 13.1 Å². The van der Waals surface area contributed by atoms with Gasteiger partial charge in [-0.25, -0.2) is 9.50 Å². The smallest absolute Gasteiger partial charge is 0.273 e. The van der Waals surface area contributed by atoms with E-state index in [1.807, 2.05) is 24.4 Å². The first-order valence-electron chi connectivity index (χ1n) is 8.23. The number of hydrogen-bond donors (Lipinski definition) is 2. The number of aromatic nitrogens is 3. The van der Waals surface area contributed by atoms with E-state index < -0.39 is 0 Å². The van der Waals surface area contributed by atoms with E-state index in [-0.39, 0.29) is 17.7 Å². The van der Waals surface area contributed by atoms with E-state index in [2.05, 4.69) is 20.3 Å². The van der Waals surface area contributed by atoms with Crippen molar-refractivity contribution in [1.82, 2.24) is 24.8 Å². The molecular weight excluding hydrogens is 322 g/mol.